The zero-order chi connectivity index (χ0) is 5.82. The normalized spacial score (nSPS) is 24.4. The van der Waals surface area contributed by atoms with Gasteiger partial charge in [-0.1, -0.05) is 5.16 Å². The van der Waals surface area contributed by atoms with Crippen molar-refractivity contribution in [3.05, 3.63) is 6.42 Å². The van der Waals surface area contributed by atoms with Crippen LogP contribution < -0.4 is 0 Å². The van der Waals surface area contributed by atoms with E-state index in [4.69, 9.17) is 0 Å². The van der Waals surface area contributed by atoms with E-state index in [1.54, 1.807) is 7.11 Å². The highest BCUT2D eigenvalue weighted by Crippen LogP contribution is 2.12. The van der Waals surface area contributed by atoms with E-state index >= 15 is 0 Å². The van der Waals surface area contributed by atoms with Crippen molar-refractivity contribution in [2.45, 2.75) is 19.3 Å². The van der Waals surface area contributed by atoms with Crippen LogP contribution in [0.15, 0.2) is 5.16 Å². The topological polar surface area (TPSA) is 21.6 Å². The van der Waals surface area contributed by atoms with Crippen molar-refractivity contribution in [1.82, 2.24) is 0 Å². The fourth-order valence-corrected chi connectivity index (χ4v) is 0.851. The van der Waals surface area contributed by atoms with Gasteiger partial charge in [-0.05, 0) is 25.7 Å². The molecule has 0 heterocycles. The summed E-state index contributed by atoms with van der Waals surface area (Å²) in [6.07, 6.45) is 5.50. The fourth-order valence-electron chi connectivity index (χ4n) is 0.851. The zero-order valence-electron chi connectivity index (χ0n) is 5.05. The molecule has 0 aliphatic heterocycles. The summed E-state index contributed by atoms with van der Waals surface area (Å²) in [6, 6.07) is 0. The SMILES string of the molecule is CO/N=C1\C[CH]CC1. The first-order valence-corrected chi connectivity index (χ1v) is 2.84. The first kappa shape index (κ1) is 5.60. The molecule has 0 atom stereocenters. The van der Waals surface area contributed by atoms with Crippen molar-refractivity contribution in [3.63, 3.8) is 0 Å². The third kappa shape index (κ3) is 1.22. The van der Waals surface area contributed by atoms with Gasteiger partial charge in [0, 0.05) is 0 Å². The number of hydrogen-bond acceptors (Lipinski definition) is 2. The van der Waals surface area contributed by atoms with Crippen LogP contribution in [0.4, 0.5) is 0 Å². The standard InChI is InChI=1S/C6H10NO/c1-8-7-6-4-2-3-5-6/h2H,3-5H2,1H3/b7-6+. The first-order valence-electron chi connectivity index (χ1n) is 2.84. The van der Waals surface area contributed by atoms with Crippen LogP contribution in [0.25, 0.3) is 0 Å². The van der Waals surface area contributed by atoms with Gasteiger partial charge in [-0.3, -0.25) is 0 Å². The Morgan fingerprint density at radius 2 is 2.62 bits per heavy atom. The molecule has 2 nitrogen and oxygen atoms in total. The summed E-state index contributed by atoms with van der Waals surface area (Å²) < 4.78 is 0. The van der Waals surface area contributed by atoms with Crippen LogP contribution in [0.5, 0.6) is 0 Å². The molecule has 1 rings (SSSR count). The van der Waals surface area contributed by atoms with Crippen LogP contribution >= 0.6 is 0 Å². The predicted molar refractivity (Wildman–Crippen MR) is 32.6 cm³/mol. The molecule has 1 radical (unpaired) electrons. The Hall–Kier alpha value is -0.530. The predicted octanol–water partition coefficient (Wildman–Crippen LogP) is 1.38. The molecule has 45 valence electrons. The lowest BCUT2D eigenvalue weighted by Crippen LogP contribution is -1.87. The lowest BCUT2D eigenvalue weighted by atomic mass is 10.3. The summed E-state index contributed by atoms with van der Waals surface area (Å²) in [6.45, 7) is 0. The van der Waals surface area contributed by atoms with Gasteiger partial charge in [-0.2, -0.15) is 0 Å². The molecule has 0 aromatic carbocycles. The molecule has 1 saturated carbocycles. The second-order valence-corrected chi connectivity index (χ2v) is 1.87. The molecule has 0 aromatic heterocycles. The molecular weight excluding hydrogens is 102 g/mol. The van der Waals surface area contributed by atoms with E-state index in [0.717, 1.165) is 12.8 Å². The van der Waals surface area contributed by atoms with Crippen molar-refractivity contribution in [2.24, 2.45) is 5.16 Å². The molecule has 0 spiro atoms. The molecule has 0 unspecified atom stereocenters. The fraction of sp³-hybridized carbons (Fsp3) is 0.667. The summed E-state index contributed by atoms with van der Waals surface area (Å²) >= 11 is 0. The van der Waals surface area contributed by atoms with Crippen LogP contribution in [-0.4, -0.2) is 12.8 Å². The molecular formula is C6H10NO. The molecule has 8 heavy (non-hydrogen) atoms. The van der Waals surface area contributed by atoms with Crippen LogP contribution in [-0.2, 0) is 4.84 Å². The van der Waals surface area contributed by atoms with Gasteiger partial charge in [0.2, 0.25) is 0 Å². The van der Waals surface area contributed by atoms with Gasteiger partial charge in [0.05, 0.1) is 5.71 Å². The van der Waals surface area contributed by atoms with Gasteiger partial charge < -0.3 is 4.84 Å². The maximum absolute atomic E-state index is 4.59. The Balaban J connectivity index is 2.33. The maximum Gasteiger partial charge on any atom is 0.106 e. The number of oxime groups is 1. The molecule has 0 bridgehead atoms. The zero-order valence-corrected chi connectivity index (χ0v) is 5.05. The Morgan fingerprint density at radius 1 is 1.75 bits per heavy atom. The van der Waals surface area contributed by atoms with Gasteiger partial charge in [0.15, 0.2) is 0 Å². The number of nitrogens with zero attached hydrogens (tertiary/aromatic N) is 1. The van der Waals surface area contributed by atoms with Gasteiger partial charge in [0.25, 0.3) is 0 Å². The first-order chi connectivity index (χ1) is 3.93. The van der Waals surface area contributed by atoms with Crippen LogP contribution in [0.1, 0.15) is 19.3 Å². The molecule has 0 saturated heterocycles. The van der Waals surface area contributed by atoms with E-state index in [0.29, 0.717) is 0 Å². The van der Waals surface area contributed by atoms with E-state index in [1.165, 1.54) is 12.1 Å². The summed E-state index contributed by atoms with van der Waals surface area (Å²) in [5.41, 5.74) is 1.17. The smallest absolute Gasteiger partial charge is 0.106 e. The third-order valence-corrected chi connectivity index (χ3v) is 1.24. The Morgan fingerprint density at radius 3 is 3.12 bits per heavy atom. The van der Waals surface area contributed by atoms with E-state index in [9.17, 15) is 0 Å². The van der Waals surface area contributed by atoms with Gasteiger partial charge >= 0.3 is 0 Å². The minimum atomic E-state index is 1.02. The molecule has 1 aliphatic rings. The molecule has 1 fully saturated rings. The molecule has 2 heteroatoms. The minimum absolute atomic E-state index is 1.02. The Bertz CT molecular complexity index is 90.7. The van der Waals surface area contributed by atoms with Crippen LogP contribution in [0.2, 0.25) is 0 Å². The maximum atomic E-state index is 4.59. The average molecular weight is 112 g/mol. The van der Waals surface area contributed by atoms with E-state index < -0.39 is 0 Å². The van der Waals surface area contributed by atoms with E-state index in [2.05, 4.69) is 16.4 Å². The number of hydrogen-bond donors (Lipinski definition) is 0. The molecule has 0 N–H and O–H groups in total. The molecule has 0 aromatic rings. The summed E-state index contributed by atoms with van der Waals surface area (Å²) in [7, 11) is 1.59. The quantitative estimate of drug-likeness (QED) is 0.469. The molecule has 1 aliphatic carbocycles. The number of rotatable bonds is 1. The second kappa shape index (κ2) is 2.70. The van der Waals surface area contributed by atoms with Crippen molar-refractivity contribution < 1.29 is 4.84 Å². The van der Waals surface area contributed by atoms with Crippen LogP contribution in [0.3, 0.4) is 0 Å². The van der Waals surface area contributed by atoms with E-state index in [1.807, 2.05) is 0 Å². The van der Waals surface area contributed by atoms with Gasteiger partial charge in [-0.15, -0.1) is 0 Å². The van der Waals surface area contributed by atoms with Gasteiger partial charge in [-0.25, -0.2) is 0 Å². The summed E-state index contributed by atoms with van der Waals surface area (Å²) in [4.78, 5) is 4.59. The highest BCUT2D eigenvalue weighted by atomic mass is 16.6. The van der Waals surface area contributed by atoms with Crippen LogP contribution in [0, 0.1) is 6.42 Å². The lowest BCUT2D eigenvalue weighted by Gasteiger charge is -1.89. The largest absolute Gasteiger partial charge is 0.399 e. The average Bonchev–Trinajstić information content (AvgIpc) is 2.19. The van der Waals surface area contributed by atoms with Crippen molar-refractivity contribution >= 4 is 5.71 Å². The summed E-state index contributed by atoms with van der Waals surface area (Å²) in [5, 5.41) is 3.81. The van der Waals surface area contributed by atoms with Gasteiger partial charge in [0.1, 0.15) is 7.11 Å². The van der Waals surface area contributed by atoms with E-state index in [-0.39, 0.29) is 0 Å². The summed E-state index contributed by atoms with van der Waals surface area (Å²) in [5.74, 6) is 0. The Kier molecular flexibility index (Phi) is 1.89. The lowest BCUT2D eigenvalue weighted by molar-refractivity contribution is 0.212. The van der Waals surface area contributed by atoms with Crippen molar-refractivity contribution in [2.75, 3.05) is 7.11 Å². The minimum Gasteiger partial charge on any atom is -0.399 e. The Labute approximate surface area is 49.5 Å². The highest BCUT2D eigenvalue weighted by molar-refractivity contribution is 5.87. The highest BCUT2D eigenvalue weighted by Gasteiger charge is 2.07. The second-order valence-electron chi connectivity index (χ2n) is 1.87. The molecule has 0 amide bonds. The van der Waals surface area contributed by atoms with Crippen molar-refractivity contribution in [3.8, 4) is 0 Å². The third-order valence-electron chi connectivity index (χ3n) is 1.24. The van der Waals surface area contributed by atoms with Crippen molar-refractivity contribution in [1.29, 1.82) is 0 Å². The monoisotopic (exact) mass is 112 g/mol.